The van der Waals surface area contributed by atoms with Crippen LogP contribution in [0.2, 0.25) is 0 Å². The van der Waals surface area contributed by atoms with Gasteiger partial charge in [0.1, 0.15) is 0 Å². The number of benzene rings is 3. The highest BCUT2D eigenvalue weighted by atomic mass is 16.3. The molecule has 0 aliphatic heterocycles. The van der Waals surface area contributed by atoms with Crippen molar-refractivity contribution in [2.45, 2.75) is 43.9 Å². The molecule has 0 saturated heterocycles. The monoisotopic (exact) mass is 519 g/mol. The predicted molar refractivity (Wildman–Crippen MR) is 150 cm³/mol. The highest BCUT2D eigenvalue weighted by molar-refractivity contribution is 5.98. The molecule has 3 aromatic carbocycles. The zero-order valence-electron chi connectivity index (χ0n) is 21.7. The molecule has 1 amide bonds. The number of para-hydroxylation sites is 2. The van der Waals surface area contributed by atoms with Crippen LogP contribution in [0.1, 0.15) is 36.0 Å². The van der Waals surface area contributed by atoms with E-state index in [4.69, 9.17) is 0 Å². The van der Waals surface area contributed by atoms with Gasteiger partial charge in [0.15, 0.2) is 5.82 Å². The van der Waals surface area contributed by atoms with Crippen LogP contribution in [0.15, 0.2) is 79.3 Å². The molecule has 2 N–H and O–H groups in total. The maximum absolute atomic E-state index is 13.3. The first kappa shape index (κ1) is 23.6. The third-order valence-electron chi connectivity index (χ3n) is 7.89. The van der Waals surface area contributed by atoms with Gasteiger partial charge in [0.05, 0.1) is 46.7 Å². The molecule has 3 heterocycles. The normalized spacial score (nSPS) is 19.7. The van der Waals surface area contributed by atoms with Crippen LogP contribution in [-0.4, -0.2) is 51.8 Å². The third-order valence-corrected chi connectivity index (χ3v) is 7.89. The molecular formula is C30H29N7O2. The molecule has 1 fully saturated rings. The van der Waals surface area contributed by atoms with Gasteiger partial charge in [-0.1, -0.05) is 24.3 Å². The highest BCUT2D eigenvalue weighted by Crippen LogP contribution is 2.31. The summed E-state index contributed by atoms with van der Waals surface area (Å²) >= 11 is 0. The molecule has 9 heteroatoms. The van der Waals surface area contributed by atoms with E-state index < -0.39 is 5.60 Å². The molecule has 39 heavy (non-hydrogen) atoms. The summed E-state index contributed by atoms with van der Waals surface area (Å²) in [5, 5.41) is 25.8. The molecular weight excluding hydrogens is 490 g/mol. The fraction of sp³-hybridized carbons (Fsp3) is 0.267. The van der Waals surface area contributed by atoms with Gasteiger partial charge in [0.2, 0.25) is 0 Å². The summed E-state index contributed by atoms with van der Waals surface area (Å²) in [5.41, 5.74) is 3.40. The van der Waals surface area contributed by atoms with Gasteiger partial charge < -0.3 is 15.0 Å². The Morgan fingerprint density at radius 2 is 1.90 bits per heavy atom. The van der Waals surface area contributed by atoms with Crippen molar-refractivity contribution in [1.29, 1.82) is 0 Å². The van der Waals surface area contributed by atoms with Crippen LogP contribution in [-0.2, 0) is 13.6 Å². The number of hydrogen-bond acceptors (Lipinski definition) is 5. The van der Waals surface area contributed by atoms with E-state index in [-0.39, 0.29) is 11.9 Å². The van der Waals surface area contributed by atoms with Gasteiger partial charge in [-0.15, -0.1) is 0 Å². The lowest BCUT2D eigenvalue weighted by Crippen LogP contribution is -2.47. The maximum atomic E-state index is 13.3. The summed E-state index contributed by atoms with van der Waals surface area (Å²) in [4.78, 5) is 17.7. The summed E-state index contributed by atoms with van der Waals surface area (Å²) < 4.78 is 5.71. The minimum Gasteiger partial charge on any atom is -0.388 e. The van der Waals surface area contributed by atoms with Gasteiger partial charge in [-0.25, -0.2) is 14.3 Å². The summed E-state index contributed by atoms with van der Waals surface area (Å²) in [7, 11) is 1.91. The number of fused-ring (bicyclic) bond motifs is 3. The number of hydrogen-bond donors (Lipinski definition) is 2. The Labute approximate surface area is 224 Å². The number of aryl methyl sites for hydroxylation is 1. The van der Waals surface area contributed by atoms with Gasteiger partial charge in [-0.2, -0.15) is 10.2 Å². The van der Waals surface area contributed by atoms with E-state index in [0.29, 0.717) is 24.9 Å². The van der Waals surface area contributed by atoms with Gasteiger partial charge in [0, 0.05) is 29.4 Å². The minimum atomic E-state index is -0.906. The number of nitrogens with one attached hydrogen (secondary N) is 1. The van der Waals surface area contributed by atoms with Crippen LogP contribution in [0.4, 0.5) is 0 Å². The smallest absolute Gasteiger partial charge is 0.251 e. The topological polar surface area (TPSA) is 103 Å². The highest BCUT2D eigenvalue weighted by Gasteiger charge is 2.36. The summed E-state index contributed by atoms with van der Waals surface area (Å²) in [6, 6.07) is 21.4. The largest absolute Gasteiger partial charge is 0.388 e. The quantitative estimate of drug-likeness (QED) is 0.352. The molecule has 1 aliphatic rings. The lowest BCUT2D eigenvalue weighted by Gasteiger charge is -2.37. The minimum absolute atomic E-state index is 0.106. The van der Waals surface area contributed by atoms with Crippen molar-refractivity contribution in [2.24, 2.45) is 7.05 Å². The first-order valence-electron chi connectivity index (χ1n) is 13.3. The van der Waals surface area contributed by atoms with Crippen molar-refractivity contribution in [3.63, 3.8) is 0 Å². The Kier molecular flexibility index (Phi) is 5.48. The summed E-state index contributed by atoms with van der Waals surface area (Å²) in [6.07, 6.45) is 6.45. The van der Waals surface area contributed by atoms with E-state index in [1.807, 2.05) is 87.7 Å². The van der Waals surface area contributed by atoms with E-state index in [1.54, 1.807) is 12.5 Å². The second kappa shape index (κ2) is 9.06. The number of nitrogens with zero attached hydrogens (tertiary/aromatic N) is 6. The molecule has 0 unspecified atom stereocenters. The Morgan fingerprint density at radius 3 is 2.79 bits per heavy atom. The van der Waals surface area contributed by atoms with Crippen LogP contribution in [0, 0.1) is 0 Å². The van der Waals surface area contributed by atoms with Gasteiger partial charge in [-0.3, -0.25) is 4.79 Å². The van der Waals surface area contributed by atoms with Crippen LogP contribution in [0.25, 0.3) is 38.7 Å². The van der Waals surface area contributed by atoms with Crippen molar-refractivity contribution in [3.05, 3.63) is 84.8 Å². The SMILES string of the molecule is Cn1nc2ccccc2c1-n1ncc2cc(C(=O)N[C@@H]3CCC[C@@](O)(Cn4cnc5ccccc54)C3)ccc21. The molecule has 196 valence electrons. The number of rotatable bonds is 5. The number of imidazole rings is 1. The average Bonchev–Trinajstić information content (AvgIpc) is 3.62. The van der Waals surface area contributed by atoms with Crippen LogP contribution in [0.5, 0.6) is 0 Å². The first-order valence-corrected chi connectivity index (χ1v) is 13.3. The molecule has 0 radical (unpaired) electrons. The van der Waals surface area contributed by atoms with Crippen LogP contribution >= 0.6 is 0 Å². The number of amides is 1. The van der Waals surface area contributed by atoms with Crippen molar-refractivity contribution >= 4 is 38.7 Å². The fourth-order valence-corrected chi connectivity index (χ4v) is 6.06. The van der Waals surface area contributed by atoms with E-state index in [9.17, 15) is 9.90 Å². The van der Waals surface area contributed by atoms with Gasteiger partial charge in [-0.05, 0) is 68.1 Å². The molecule has 1 aliphatic carbocycles. The Bertz CT molecular complexity index is 1850. The number of carbonyl (C=O) groups excluding carboxylic acids is 1. The summed E-state index contributed by atoms with van der Waals surface area (Å²) in [5.74, 6) is 0.739. The van der Waals surface area contributed by atoms with E-state index in [0.717, 1.165) is 51.5 Å². The second-order valence-electron chi connectivity index (χ2n) is 10.6. The standard InChI is InChI=1S/C30H29N7O2/c1-35-29(23-8-2-3-9-24(23)34-35)37-26-13-12-20(15-21(26)17-32-37)28(38)33-22-7-6-14-30(39,16-22)18-36-19-31-25-10-4-5-11-27(25)36/h2-5,8-13,15,17,19,22,39H,6-7,14,16,18H2,1H3,(H,33,38)/t22-,30+/m1/s1. The maximum Gasteiger partial charge on any atom is 0.251 e. The lowest BCUT2D eigenvalue weighted by molar-refractivity contribution is -0.0203. The molecule has 7 rings (SSSR count). The predicted octanol–water partition coefficient (Wildman–Crippen LogP) is 4.37. The van der Waals surface area contributed by atoms with E-state index in [1.165, 1.54) is 0 Å². The molecule has 3 aromatic heterocycles. The molecule has 9 nitrogen and oxygen atoms in total. The van der Waals surface area contributed by atoms with E-state index in [2.05, 4.69) is 20.5 Å². The van der Waals surface area contributed by atoms with Gasteiger partial charge >= 0.3 is 0 Å². The van der Waals surface area contributed by atoms with Crippen molar-refractivity contribution in [1.82, 2.24) is 34.4 Å². The second-order valence-corrected chi connectivity index (χ2v) is 10.6. The Balaban J connectivity index is 1.10. The van der Waals surface area contributed by atoms with Crippen LogP contribution < -0.4 is 5.32 Å². The summed E-state index contributed by atoms with van der Waals surface area (Å²) in [6.45, 7) is 0.452. The molecule has 0 bridgehead atoms. The Morgan fingerprint density at radius 1 is 1.08 bits per heavy atom. The lowest BCUT2D eigenvalue weighted by atomic mass is 9.81. The van der Waals surface area contributed by atoms with Crippen molar-refractivity contribution in [3.8, 4) is 5.82 Å². The zero-order valence-corrected chi connectivity index (χ0v) is 21.7. The van der Waals surface area contributed by atoms with Crippen molar-refractivity contribution < 1.29 is 9.90 Å². The molecule has 0 spiro atoms. The number of aromatic nitrogens is 6. The number of aliphatic hydroxyl groups is 1. The van der Waals surface area contributed by atoms with Crippen molar-refractivity contribution in [2.75, 3.05) is 0 Å². The first-order chi connectivity index (χ1) is 19.0. The van der Waals surface area contributed by atoms with Crippen LogP contribution in [0.3, 0.4) is 0 Å². The zero-order chi connectivity index (χ0) is 26.6. The van der Waals surface area contributed by atoms with E-state index >= 15 is 0 Å². The van der Waals surface area contributed by atoms with Gasteiger partial charge in [0.25, 0.3) is 5.91 Å². The molecule has 2 atom stereocenters. The molecule has 6 aromatic rings. The third kappa shape index (κ3) is 4.15. The molecule has 1 saturated carbocycles. The Hall–Kier alpha value is -4.50. The number of carbonyl (C=O) groups is 1. The fourth-order valence-electron chi connectivity index (χ4n) is 6.06. The average molecular weight is 520 g/mol.